The van der Waals surface area contributed by atoms with E-state index in [0.29, 0.717) is 0 Å². The molecule has 0 radical (unpaired) electrons. The van der Waals surface area contributed by atoms with E-state index in [9.17, 15) is 0 Å². The second-order valence-electron chi connectivity index (χ2n) is 5.52. The molecule has 2 aromatic rings. The molecule has 5 heteroatoms. The van der Waals surface area contributed by atoms with Crippen LogP contribution in [-0.4, -0.2) is 29.1 Å². The molecule has 1 atom stereocenters. The Hall–Kier alpha value is -1.65. The predicted octanol–water partition coefficient (Wildman–Crippen LogP) is 3.03. The van der Waals surface area contributed by atoms with Crippen molar-refractivity contribution in [3.05, 3.63) is 41.2 Å². The summed E-state index contributed by atoms with van der Waals surface area (Å²) in [7, 11) is 0. The monoisotopic (exact) mass is 302 g/mol. The minimum atomic E-state index is 0.221. The predicted molar refractivity (Wildman–Crippen MR) is 86.6 cm³/mol. The van der Waals surface area contributed by atoms with Gasteiger partial charge in [-0.3, -0.25) is 0 Å². The first kappa shape index (κ1) is 14.3. The maximum Gasteiger partial charge on any atom is 0.225 e. The van der Waals surface area contributed by atoms with Crippen LogP contribution in [-0.2, 0) is 0 Å². The maximum absolute atomic E-state index is 6.03. The highest BCUT2D eigenvalue weighted by Gasteiger charge is 2.19. The average Bonchev–Trinajstić information content (AvgIpc) is 2.48. The van der Waals surface area contributed by atoms with E-state index in [4.69, 9.17) is 17.3 Å². The highest BCUT2D eigenvalue weighted by atomic mass is 35.5. The highest BCUT2D eigenvalue weighted by Crippen LogP contribution is 2.25. The number of hydrogen-bond donors (Lipinski definition) is 1. The van der Waals surface area contributed by atoms with Gasteiger partial charge in [-0.25, -0.2) is 9.97 Å². The van der Waals surface area contributed by atoms with E-state index < -0.39 is 0 Å². The van der Waals surface area contributed by atoms with Crippen molar-refractivity contribution in [1.82, 2.24) is 9.97 Å². The Balaban J connectivity index is 1.87. The molecule has 4 nitrogen and oxygen atoms in total. The summed E-state index contributed by atoms with van der Waals surface area (Å²) in [6, 6.07) is 7.97. The lowest BCUT2D eigenvalue weighted by Crippen LogP contribution is -2.43. The van der Waals surface area contributed by atoms with Crippen molar-refractivity contribution in [2.45, 2.75) is 25.8 Å². The van der Waals surface area contributed by atoms with Gasteiger partial charge < -0.3 is 10.6 Å². The summed E-state index contributed by atoms with van der Waals surface area (Å²) in [4.78, 5) is 11.4. The lowest BCUT2D eigenvalue weighted by atomic mass is 10.1. The van der Waals surface area contributed by atoms with E-state index in [-0.39, 0.29) is 6.04 Å². The van der Waals surface area contributed by atoms with Crippen LogP contribution in [0.25, 0.3) is 11.1 Å². The fraction of sp³-hybridized carbons (Fsp3) is 0.375. The summed E-state index contributed by atoms with van der Waals surface area (Å²) in [5.41, 5.74) is 9.12. The van der Waals surface area contributed by atoms with Gasteiger partial charge in [0.05, 0.1) is 5.69 Å². The van der Waals surface area contributed by atoms with Crippen molar-refractivity contribution in [2.75, 3.05) is 18.0 Å². The topological polar surface area (TPSA) is 55.0 Å². The van der Waals surface area contributed by atoms with Crippen molar-refractivity contribution in [2.24, 2.45) is 5.73 Å². The molecule has 3 rings (SSSR count). The molecule has 1 fully saturated rings. The fourth-order valence-corrected chi connectivity index (χ4v) is 2.84. The van der Waals surface area contributed by atoms with Gasteiger partial charge in [0.25, 0.3) is 0 Å². The molecule has 2 N–H and O–H groups in total. The molecule has 21 heavy (non-hydrogen) atoms. The average molecular weight is 303 g/mol. The van der Waals surface area contributed by atoms with Gasteiger partial charge in [-0.1, -0.05) is 23.7 Å². The van der Waals surface area contributed by atoms with Crippen LogP contribution in [0.2, 0.25) is 5.02 Å². The first-order valence-electron chi connectivity index (χ1n) is 7.23. The number of aryl methyl sites for hydroxylation is 1. The molecule has 110 valence electrons. The zero-order valence-corrected chi connectivity index (χ0v) is 12.8. The van der Waals surface area contributed by atoms with Crippen LogP contribution in [0.1, 0.15) is 18.5 Å². The Bertz CT molecular complexity index is 627. The first-order valence-corrected chi connectivity index (χ1v) is 7.61. The summed E-state index contributed by atoms with van der Waals surface area (Å²) in [6.07, 6.45) is 4.07. The molecular weight excluding hydrogens is 284 g/mol. The second-order valence-corrected chi connectivity index (χ2v) is 5.96. The molecule has 1 aromatic heterocycles. The molecule has 0 spiro atoms. The normalized spacial score (nSPS) is 18.8. The van der Waals surface area contributed by atoms with Gasteiger partial charge >= 0.3 is 0 Å². The van der Waals surface area contributed by atoms with Crippen LogP contribution in [0.15, 0.2) is 30.5 Å². The molecule has 0 bridgehead atoms. The summed E-state index contributed by atoms with van der Waals surface area (Å²) in [6.45, 7) is 3.83. The number of hydrogen-bond acceptors (Lipinski definition) is 4. The van der Waals surface area contributed by atoms with E-state index in [1.54, 1.807) is 0 Å². The zero-order valence-electron chi connectivity index (χ0n) is 12.1. The molecule has 0 saturated carbocycles. The maximum atomic E-state index is 6.03. The smallest absolute Gasteiger partial charge is 0.225 e. The molecule has 1 saturated heterocycles. The molecule has 0 amide bonds. The van der Waals surface area contributed by atoms with Crippen LogP contribution in [0.3, 0.4) is 0 Å². The van der Waals surface area contributed by atoms with Crippen molar-refractivity contribution in [1.29, 1.82) is 0 Å². The minimum Gasteiger partial charge on any atom is -0.339 e. The van der Waals surface area contributed by atoms with Gasteiger partial charge in [0.1, 0.15) is 0 Å². The third-order valence-corrected chi connectivity index (χ3v) is 4.11. The fourth-order valence-electron chi connectivity index (χ4n) is 2.71. The summed E-state index contributed by atoms with van der Waals surface area (Å²) >= 11 is 5.93. The number of nitrogens with two attached hydrogens (primary N) is 1. The number of nitrogens with zero attached hydrogens (tertiary/aromatic N) is 3. The zero-order chi connectivity index (χ0) is 14.8. The Morgan fingerprint density at radius 3 is 2.71 bits per heavy atom. The lowest BCUT2D eigenvalue weighted by Gasteiger charge is -2.30. The Kier molecular flexibility index (Phi) is 4.08. The van der Waals surface area contributed by atoms with E-state index in [2.05, 4.69) is 14.9 Å². The van der Waals surface area contributed by atoms with Crippen LogP contribution in [0, 0.1) is 6.92 Å². The Morgan fingerprint density at radius 2 is 2.05 bits per heavy atom. The number of halogens is 1. The highest BCUT2D eigenvalue weighted by molar-refractivity contribution is 6.30. The molecule has 1 unspecified atom stereocenters. The molecule has 1 aromatic carbocycles. The standard InChI is InChI=1S/C16H19ClN4/c1-11-15(12-4-6-13(17)7-5-12)9-19-16(20-11)21-8-2-3-14(18)10-21/h4-7,9,14H,2-3,8,10,18H2,1H3. The number of aromatic nitrogens is 2. The SMILES string of the molecule is Cc1nc(N2CCCC(N)C2)ncc1-c1ccc(Cl)cc1. The first-order chi connectivity index (χ1) is 10.1. The lowest BCUT2D eigenvalue weighted by molar-refractivity contribution is 0.499. The second kappa shape index (κ2) is 6.00. The largest absolute Gasteiger partial charge is 0.339 e. The summed E-state index contributed by atoms with van der Waals surface area (Å²) in [5, 5.41) is 0.733. The van der Waals surface area contributed by atoms with Gasteiger partial charge in [-0.05, 0) is 37.5 Å². The molecule has 2 heterocycles. The molecular formula is C16H19ClN4. The molecule has 0 aliphatic carbocycles. The number of rotatable bonds is 2. The van der Waals surface area contributed by atoms with Crippen molar-refractivity contribution in [3.63, 3.8) is 0 Å². The minimum absolute atomic E-state index is 0.221. The van der Waals surface area contributed by atoms with Gasteiger partial charge in [-0.2, -0.15) is 0 Å². The summed E-state index contributed by atoms with van der Waals surface area (Å²) < 4.78 is 0. The number of piperidine rings is 1. The van der Waals surface area contributed by atoms with Gasteiger partial charge in [0.2, 0.25) is 5.95 Å². The van der Waals surface area contributed by atoms with Crippen molar-refractivity contribution < 1.29 is 0 Å². The van der Waals surface area contributed by atoms with Gasteiger partial charge in [-0.15, -0.1) is 0 Å². The van der Waals surface area contributed by atoms with Gasteiger partial charge in [0, 0.05) is 35.9 Å². The molecule has 1 aliphatic rings. The van der Waals surface area contributed by atoms with E-state index in [1.807, 2.05) is 37.4 Å². The quantitative estimate of drug-likeness (QED) is 0.926. The third-order valence-electron chi connectivity index (χ3n) is 3.86. The Labute approximate surface area is 130 Å². The Morgan fingerprint density at radius 1 is 1.29 bits per heavy atom. The summed E-state index contributed by atoms with van der Waals surface area (Å²) in [5.74, 6) is 0.778. The van der Waals surface area contributed by atoms with Crippen LogP contribution in [0.5, 0.6) is 0 Å². The van der Waals surface area contributed by atoms with Crippen LogP contribution >= 0.6 is 11.6 Å². The van der Waals surface area contributed by atoms with Crippen molar-refractivity contribution >= 4 is 17.5 Å². The third kappa shape index (κ3) is 3.17. The van der Waals surface area contributed by atoms with Crippen LogP contribution < -0.4 is 10.6 Å². The van der Waals surface area contributed by atoms with Gasteiger partial charge in [0.15, 0.2) is 0 Å². The van der Waals surface area contributed by atoms with Crippen molar-refractivity contribution in [3.8, 4) is 11.1 Å². The van der Waals surface area contributed by atoms with E-state index in [0.717, 1.165) is 53.7 Å². The number of benzene rings is 1. The van der Waals surface area contributed by atoms with E-state index in [1.165, 1.54) is 0 Å². The van der Waals surface area contributed by atoms with E-state index >= 15 is 0 Å². The number of anilines is 1. The molecule has 1 aliphatic heterocycles. The van der Waals surface area contributed by atoms with Crippen LogP contribution in [0.4, 0.5) is 5.95 Å².